The van der Waals surface area contributed by atoms with E-state index in [4.69, 9.17) is 5.73 Å². The summed E-state index contributed by atoms with van der Waals surface area (Å²) >= 11 is 0. The fourth-order valence-electron chi connectivity index (χ4n) is 2.57. The van der Waals surface area contributed by atoms with E-state index in [0.29, 0.717) is 12.2 Å². The van der Waals surface area contributed by atoms with Crippen LogP contribution in [0.5, 0.6) is 0 Å². The van der Waals surface area contributed by atoms with Crippen molar-refractivity contribution in [3.63, 3.8) is 0 Å². The Hall–Kier alpha value is -3.62. The Morgan fingerprint density at radius 1 is 1.26 bits per heavy atom. The normalized spacial score (nSPS) is 11.5. The second kappa shape index (κ2) is 8.65. The number of aromatic amines is 2. The summed E-state index contributed by atoms with van der Waals surface area (Å²) < 4.78 is 0. The van der Waals surface area contributed by atoms with Crippen molar-refractivity contribution in [3.05, 3.63) is 54.2 Å². The number of carbonyl (C=O) groups is 2. The van der Waals surface area contributed by atoms with Gasteiger partial charge in [-0.3, -0.25) is 19.9 Å². The zero-order valence-electron chi connectivity index (χ0n) is 14.7. The van der Waals surface area contributed by atoms with Crippen molar-refractivity contribution in [3.8, 4) is 0 Å². The minimum atomic E-state index is -0.436. The van der Waals surface area contributed by atoms with Gasteiger partial charge in [0.25, 0.3) is 5.91 Å². The van der Waals surface area contributed by atoms with E-state index >= 15 is 0 Å². The molecule has 9 nitrogen and oxygen atoms in total. The summed E-state index contributed by atoms with van der Waals surface area (Å²) in [6.07, 6.45) is 4.95. The van der Waals surface area contributed by atoms with Gasteiger partial charge in [-0.2, -0.15) is 0 Å². The molecular formula is C18H21N7O2. The molecule has 2 aromatic heterocycles. The lowest BCUT2D eigenvalue weighted by Gasteiger charge is -2.06. The molecule has 0 aliphatic rings. The molecule has 0 radical (unpaired) electrons. The number of nitrogens with zero attached hydrogens (tertiary/aromatic N) is 2. The van der Waals surface area contributed by atoms with Crippen LogP contribution in [0.1, 0.15) is 22.6 Å². The topological polar surface area (TPSA) is 141 Å². The molecule has 3 aromatic rings. The van der Waals surface area contributed by atoms with Gasteiger partial charge in [0.15, 0.2) is 5.96 Å². The maximum absolute atomic E-state index is 12.1. The fourth-order valence-corrected chi connectivity index (χ4v) is 2.57. The summed E-state index contributed by atoms with van der Waals surface area (Å²) in [4.78, 5) is 38.0. The Morgan fingerprint density at radius 3 is 2.89 bits per heavy atom. The number of aliphatic imine (C=N–C) groups is 1. The molecule has 0 unspecified atom stereocenters. The van der Waals surface area contributed by atoms with Gasteiger partial charge in [0, 0.05) is 29.3 Å². The third-order valence-corrected chi connectivity index (χ3v) is 3.89. The second-order valence-corrected chi connectivity index (χ2v) is 5.95. The molecule has 27 heavy (non-hydrogen) atoms. The molecule has 6 N–H and O–H groups in total. The van der Waals surface area contributed by atoms with E-state index in [1.165, 1.54) is 0 Å². The number of para-hydroxylation sites is 1. The molecular weight excluding hydrogens is 346 g/mol. The average Bonchev–Trinajstić information content (AvgIpc) is 3.32. The predicted octanol–water partition coefficient (Wildman–Crippen LogP) is 0.685. The number of fused-ring (bicyclic) bond motifs is 1. The minimum absolute atomic E-state index is 0.0319. The third kappa shape index (κ3) is 5.18. The minimum Gasteiger partial charge on any atom is -0.370 e. The molecule has 9 heteroatoms. The summed E-state index contributed by atoms with van der Waals surface area (Å²) in [5, 5.41) is 5.93. The highest BCUT2D eigenvalue weighted by molar-refractivity contribution is 6.01. The first kappa shape index (κ1) is 18.2. The average molecular weight is 367 g/mol. The lowest BCUT2D eigenvalue weighted by molar-refractivity contribution is -0.118. The van der Waals surface area contributed by atoms with Crippen LogP contribution in [0, 0.1) is 0 Å². The van der Waals surface area contributed by atoms with Crippen LogP contribution in [-0.2, 0) is 11.2 Å². The van der Waals surface area contributed by atoms with E-state index in [1.54, 1.807) is 18.6 Å². The van der Waals surface area contributed by atoms with Crippen LogP contribution in [0.15, 0.2) is 47.8 Å². The number of rotatable bonds is 7. The highest BCUT2D eigenvalue weighted by atomic mass is 16.2. The molecule has 1 aromatic carbocycles. The lowest BCUT2D eigenvalue weighted by atomic mass is 10.2. The standard InChI is InChI=1S/C18H21N7O2/c19-18(21-7-3-5-13-9-20-11-23-13)25-16(26)10-22-17(27)15-8-12-4-1-2-6-14(12)24-15/h1-2,4,6,8-9,11,24H,3,5,7,10H2,(H,20,23)(H,22,27)(H3,19,21,25,26). The molecule has 0 aliphatic carbocycles. The Bertz CT molecular complexity index is 911. The Kier molecular flexibility index (Phi) is 5.83. The molecule has 0 saturated carbocycles. The Balaban J connectivity index is 1.40. The number of hydrogen-bond donors (Lipinski definition) is 5. The van der Waals surface area contributed by atoms with Gasteiger partial charge in [-0.05, 0) is 25.0 Å². The summed E-state index contributed by atoms with van der Waals surface area (Å²) in [7, 11) is 0. The predicted molar refractivity (Wildman–Crippen MR) is 102 cm³/mol. The number of guanidine groups is 1. The highest BCUT2D eigenvalue weighted by Crippen LogP contribution is 2.14. The van der Waals surface area contributed by atoms with Gasteiger partial charge in [0.05, 0.1) is 12.9 Å². The largest absolute Gasteiger partial charge is 0.370 e. The van der Waals surface area contributed by atoms with Crippen LogP contribution in [0.4, 0.5) is 0 Å². The molecule has 0 aliphatic heterocycles. The quantitative estimate of drug-likeness (QED) is 0.238. The monoisotopic (exact) mass is 367 g/mol. The van der Waals surface area contributed by atoms with Gasteiger partial charge in [0.1, 0.15) is 5.69 Å². The van der Waals surface area contributed by atoms with Crippen LogP contribution in [0.25, 0.3) is 10.9 Å². The van der Waals surface area contributed by atoms with Gasteiger partial charge < -0.3 is 21.0 Å². The number of benzene rings is 1. The van der Waals surface area contributed by atoms with E-state index in [-0.39, 0.29) is 18.4 Å². The Morgan fingerprint density at radius 2 is 2.11 bits per heavy atom. The third-order valence-electron chi connectivity index (χ3n) is 3.89. The molecule has 3 rings (SSSR count). The summed E-state index contributed by atoms with van der Waals surface area (Å²) in [5.74, 6) is -0.768. The van der Waals surface area contributed by atoms with E-state index in [0.717, 1.165) is 29.4 Å². The number of H-pyrrole nitrogens is 2. The van der Waals surface area contributed by atoms with Gasteiger partial charge in [-0.15, -0.1) is 0 Å². The fraction of sp³-hybridized carbons (Fsp3) is 0.222. The number of imidazole rings is 1. The molecule has 140 valence electrons. The van der Waals surface area contributed by atoms with Crippen LogP contribution in [-0.4, -0.2) is 45.8 Å². The number of aromatic nitrogens is 3. The molecule has 0 fully saturated rings. The van der Waals surface area contributed by atoms with Crippen LogP contribution in [0.2, 0.25) is 0 Å². The zero-order chi connectivity index (χ0) is 19.1. The van der Waals surface area contributed by atoms with Crippen molar-refractivity contribution in [2.75, 3.05) is 13.1 Å². The first-order chi connectivity index (χ1) is 13.1. The first-order valence-corrected chi connectivity index (χ1v) is 8.55. The van der Waals surface area contributed by atoms with Crippen LogP contribution >= 0.6 is 0 Å². The number of hydrogen-bond acceptors (Lipinski definition) is 4. The van der Waals surface area contributed by atoms with Gasteiger partial charge in [0.2, 0.25) is 5.91 Å². The molecule has 0 bridgehead atoms. The molecule has 0 atom stereocenters. The van der Waals surface area contributed by atoms with Crippen molar-refractivity contribution < 1.29 is 9.59 Å². The maximum Gasteiger partial charge on any atom is 0.268 e. The van der Waals surface area contributed by atoms with E-state index in [1.807, 2.05) is 24.3 Å². The maximum atomic E-state index is 12.1. The molecule has 2 heterocycles. The summed E-state index contributed by atoms with van der Waals surface area (Å²) in [5.41, 5.74) is 7.96. The van der Waals surface area contributed by atoms with Crippen molar-refractivity contribution in [2.24, 2.45) is 10.7 Å². The SMILES string of the molecule is NC(=NCCCc1cnc[nH]1)NC(=O)CNC(=O)c1cc2ccccc2[nH]1. The van der Waals surface area contributed by atoms with Crippen LogP contribution < -0.4 is 16.4 Å². The Labute approximate surface area is 155 Å². The highest BCUT2D eigenvalue weighted by Gasteiger charge is 2.11. The van der Waals surface area contributed by atoms with E-state index in [9.17, 15) is 9.59 Å². The van der Waals surface area contributed by atoms with Crippen molar-refractivity contribution in [1.29, 1.82) is 0 Å². The first-order valence-electron chi connectivity index (χ1n) is 8.55. The number of nitrogens with two attached hydrogens (primary N) is 1. The smallest absolute Gasteiger partial charge is 0.268 e. The van der Waals surface area contributed by atoms with Gasteiger partial charge in [-0.1, -0.05) is 18.2 Å². The van der Waals surface area contributed by atoms with E-state index < -0.39 is 5.91 Å². The zero-order valence-corrected chi connectivity index (χ0v) is 14.7. The van der Waals surface area contributed by atoms with Crippen molar-refractivity contribution in [2.45, 2.75) is 12.8 Å². The number of nitrogens with one attached hydrogen (secondary N) is 4. The summed E-state index contributed by atoms with van der Waals surface area (Å²) in [6.45, 7) is 0.283. The van der Waals surface area contributed by atoms with Crippen molar-refractivity contribution in [1.82, 2.24) is 25.6 Å². The summed E-state index contributed by atoms with van der Waals surface area (Å²) in [6, 6.07) is 9.28. The molecule has 2 amide bonds. The van der Waals surface area contributed by atoms with Gasteiger partial charge >= 0.3 is 0 Å². The number of carbonyl (C=O) groups excluding carboxylic acids is 2. The lowest BCUT2D eigenvalue weighted by Crippen LogP contribution is -2.43. The molecule has 0 spiro atoms. The molecule has 0 saturated heterocycles. The van der Waals surface area contributed by atoms with E-state index in [2.05, 4.69) is 30.6 Å². The number of amides is 2. The second-order valence-electron chi connectivity index (χ2n) is 5.95. The van der Waals surface area contributed by atoms with Crippen molar-refractivity contribution >= 4 is 28.7 Å². The van der Waals surface area contributed by atoms with Crippen LogP contribution in [0.3, 0.4) is 0 Å². The number of aryl methyl sites for hydroxylation is 1. The van der Waals surface area contributed by atoms with Gasteiger partial charge in [-0.25, -0.2) is 4.98 Å².